The topological polar surface area (TPSA) is 21.3 Å². The van der Waals surface area contributed by atoms with Gasteiger partial charge in [-0.15, -0.1) is 0 Å². The molecule has 2 aliphatic rings. The van der Waals surface area contributed by atoms with Crippen molar-refractivity contribution in [1.82, 2.24) is 5.32 Å². The van der Waals surface area contributed by atoms with Crippen LogP contribution in [0.2, 0.25) is 0 Å². The molecule has 2 nitrogen and oxygen atoms in total. The van der Waals surface area contributed by atoms with Crippen LogP contribution in [0, 0.1) is 5.92 Å². The molecule has 1 heterocycles. The van der Waals surface area contributed by atoms with Gasteiger partial charge in [0.2, 0.25) is 0 Å². The molecule has 2 heteroatoms. The van der Waals surface area contributed by atoms with E-state index in [1.807, 2.05) is 0 Å². The van der Waals surface area contributed by atoms with Gasteiger partial charge in [0.05, 0.1) is 6.10 Å². The molecule has 1 N–H and O–H groups in total. The molecule has 100 valence electrons. The van der Waals surface area contributed by atoms with Crippen molar-refractivity contribution in [3.05, 3.63) is 0 Å². The van der Waals surface area contributed by atoms with Crippen molar-refractivity contribution >= 4 is 0 Å². The molecule has 0 bridgehead atoms. The molecule has 0 aromatic heterocycles. The Morgan fingerprint density at radius 2 is 2.12 bits per heavy atom. The zero-order valence-corrected chi connectivity index (χ0v) is 11.4. The minimum Gasteiger partial charge on any atom is -0.378 e. The third kappa shape index (κ3) is 4.59. The molecule has 17 heavy (non-hydrogen) atoms. The van der Waals surface area contributed by atoms with E-state index in [4.69, 9.17) is 4.74 Å². The zero-order chi connectivity index (χ0) is 11.9. The summed E-state index contributed by atoms with van der Waals surface area (Å²) >= 11 is 0. The highest BCUT2D eigenvalue weighted by Crippen LogP contribution is 2.31. The van der Waals surface area contributed by atoms with Gasteiger partial charge in [0, 0.05) is 12.6 Å². The van der Waals surface area contributed by atoms with E-state index >= 15 is 0 Å². The molecule has 0 amide bonds. The van der Waals surface area contributed by atoms with Crippen LogP contribution in [0.4, 0.5) is 0 Å². The van der Waals surface area contributed by atoms with Crippen LogP contribution in [-0.2, 0) is 4.74 Å². The van der Waals surface area contributed by atoms with Gasteiger partial charge in [-0.1, -0.05) is 26.2 Å². The Balaban J connectivity index is 1.58. The Kier molecular flexibility index (Phi) is 5.79. The largest absolute Gasteiger partial charge is 0.378 e. The molecule has 0 radical (unpaired) electrons. The molecular weight excluding hydrogens is 210 g/mol. The van der Waals surface area contributed by atoms with E-state index in [2.05, 4.69) is 12.2 Å². The summed E-state index contributed by atoms with van der Waals surface area (Å²) in [5.74, 6) is 1.03. The Morgan fingerprint density at radius 1 is 1.24 bits per heavy atom. The molecule has 2 fully saturated rings. The third-order valence-electron chi connectivity index (χ3n) is 4.44. The van der Waals surface area contributed by atoms with Crippen LogP contribution in [0.15, 0.2) is 0 Å². The quantitative estimate of drug-likeness (QED) is 0.700. The first kappa shape index (κ1) is 13.4. The molecule has 0 aromatic carbocycles. The maximum Gasteiger partial charge on any atom is 0.0576 e. The molecular formula is C15H29NO. The van der Waals surface area contributed by atoms with Crippen LogP contribution in [0.25, 0.3) is 0 Å². The van der Waals surface area contributed by atoms with Crippen LogP contribution >= 0.6 is 0 Å². The first-order valence-electron chi connectivity index (χ1n) is 7.73. The number of hydrogen-bond acceptors (Lipinski definition) is 2. The lowest BCUT2D eigenvalue weighted by Gasteiger charge is -2.30. The molecule has 2 rings (SSSR count). The van der Waals surface area contributed by atoms with E-state index in [1.165, 1.54) is 57.8 Å². The van der Waals surface area contributed by atoms with Gasteiger partial charge in [0.15, 0.2) is 0 Å². The van der Waals surface area contributed by atoms with E-state index < -0.39 is 0 Å². The monoisotopic (exact) mass is 239 g/mol. The highest BCUT2D eigenvalue weighted by Gasteiger charge is 2.22. The van der Waals surface area contributed by atoms with Gasteiger partial charge in [0.25, 0.3) is 0 Å². The van der Waals surface area contributed by atoms with Crippen molar-refractivity contribution in [3.63, 3.8) is 0 Å². The smallest absolute Gasteiger partial charge is 0.0576 e. The minimum absolute atomic E-state index is 0.584. The molecule has 1 saturated carbocycles. The van der Waals surface area contributed by atoms with Crippen LogP contribution in [-0.4, -0.2) is 25.3 Å². The third-order valence-corrected chi connectivity index (χ3v) is 4.44. The van der Waals surface area contributed by atoms with Gasteiger partial charge in [0.1, 0.15) is 0 Å². The maximum atomic E-state index is 5.69. The Bertz CT molecular complexity index is 197. The first-order valence-corrected chi connectivity index (χ1v) is 7.73. The van der Waals surface area contributed by atoms with E-state index in [1.54, 1.807) is 0 Å². The Morgan fingerprint density at radius 3 is 2.71 bits per heavy atom. The second kappa shape index (κ2) is 7.38. The van der Waals surface area contributed by atoms with Crippen molar-refractivity contribution in [1.29, 1.82) is 0 Å². The Labute approximate surface area is 107 Å². The normalized spacial score (nSPS) is 27.0. The number of hydrogen-bond donors (Lipinski definition) is 1. The molecule has 2 unspecified atom stereocenters. The average Bonchev–Trinajstić information content (AvgIpc) is 2.76. The summed E-state index contributed by atoms with van der Waals surface area (Å²) < 4.78 is 5.69. The second-order valence-electron chi connectivity index (χ2n) is 5.85. The van der Waals surface area contributed by atoms with Crippen molar-refractivity contribution in [2.24, 2.45) is 5.92 Å². The zero-order valence-electron chi connectivity index (χ0n) is 11.4. The van der Waals surface area contributed by atoms with Gasteiger partial charge in [-0.05, 0) is 51.0 Å². The maximum absolute atomic E-state index is 5.69. The predicted octanol–water partition coefficient (Wildman–Crippen LogP) is 3.50. The van der Waals surface area contributed by atoms with E-state index in [9.17, 15) is 0 Å². The van der Waals surface area contributed by atoms with Gasteiger partial charge < -0.3 is 10.1 Å². The lowest BCUT2D eigenvalue weighted by atomic mass is 9.80. The molecule has 2 atom stereocenters. The van der Waals surface area contributed by atoms with Crippen molar-refractivity contribution < 1.29 is 4.74 Å². The average molecular weight is 239 g/mol. The van der Waals surface area contributed by atoms with Crippen LogP contribution in [0.5, 0.6) is 0 Å². The molecule has 0 spiro atoms. The summed E-state index contributed by atoms with van der Waals surface area (Å²) in [6, 6.07) is 0.770. The van der Waals surface area contributed by atoms with Gasteiger partial charge in [-0.3, -0.25) is 0 Å². The predicted molar refractivity (Wildman–Crippen MR) is 72.2 cm³/mol. The fourth-order valence-electron chi connectivity index (χ4n) is 3.19. The SMILES string of the molecule is CCNC(CCCC1CCCO1)CC1CCC1. The summed E-state index contributed by atoms with van der Waals surface area (Å²) in [6.07, 6.45) is 13.0. The standard InChI is InChI=1S/C15H29NO/c1-2-16-14(12-13-6-3-7-13)8-4-9-15-10-5-11-17-15/h13-16H,2-12H2,1H3. The van der Waals surface area contributed by atoms with Crippen LogP contribution < -0.4 is 5.32 Å². The van der Waals surface area contributed by atoms with Gasteiger partial charge >= 0.3 is 0 Å². The van der Waals surface area contributed by atoms with Gasteiger partial charge in [-0.2, -0.15) is 0 Å². The first-order chi connectivity index (χ1) is 8.38. The van der Waals surface area contributed by atoms with E-state index in [0.29, 0.717) is 6.10 Å². The van der Waals surface area contributed by atoms with Gasteiger partial charge in [-0.25, -0.2) is 0 Å². The fraction of sp³-hybridized carbons (Fsp3) is 1.00. The number of rotatable bonds is 8. The summed E-state index contributed by atoms with van der Waals surface area (Å²) in [5, 5.41) is 3.67. The number of nitrogens with one attached hydrogen (secondary N) is 1. The number of ether oxygens (including phenoxy) is 1. The minimum atomic E-state index is 0.584. The van der Waals surface area contributed by atoms with Crippen molar-refractivity contribution in [2.45, 2.75) is 76.9 Å². The highest BCUT2D eigenvalue weighted by molar-refractivity contribution is 4.77. The van der Waals surface area contributed by atoms with Crippen molar-refractivity contribution in [3.8, 4) is 0 Å². The van der Waals surface area contributed by atoms with Crippen LogP contribution in [0.3, 0.4) is 0 Å². The second-order valence-corrected chi connectivity index (χ2v) is 5.85. The summed E-state index contributed by atoms with van der Waals surface area (Å²) in [5.41, 5.74) is 0. The van der Waals surface area contributed by atoms with E-state index in [-0.39, 0.29) is 0 Å². The molecule has 1 aliphatic heterocycles. The fourth-order valence-corrected chi connectivity index (χ4v) is 3.19. The molecule has 0 aromatic rings. The summed E-state index contributed by atoms with van der Waals surface area (Å²) in [7, 11) is 0. The summed E-state index contributed by atoms with van der Waals surface area (Å²) in [4.78, 5) is 0. The van der Waals surface area contributed by atoms with E-state index in [0.717, 1.165) is 25.1 Å². The van der Waals surface area contributed by atoms with Crippen molar-refractivity contribution in [2.75, 3.05) is 13.2 Å². The molecule has 1 saturated heterocycles. The lowest BCUT2D eigenvalue weighted by Crippen LogP contribution is -2.32. The molecule has 1 aliphatic carbocycles. The Hall–Kier alpha value is -0.0800. The summed E-state index contributed by atoms with van der Waals surface area (Å²) in [6.45, 7) is 4.36. The lowest BCUT2D eigenvalue weighted by molar-refractivity contribution is 0.101. The highest BCUT2D eigenvalue weighted by atomic mass is 16.5. The van der Waals surface area contributed by atoms with Crippen LogP contribution in [0.1, 0.15) is 64.7 Å².